The van der Waals surface area contributed by atoms with Crippen molar-refractivity contribution in [3.8, 4) is 0 Å². The molecule has 102 valence electrons. The fourth-order valence-electron chi connectivity index (χ4n) is 2.24. The van der Waals surface area contributed by atoms with Crippen LogP contribution in [0.4, 0.5) is 0 Å². The molecule has 19 heavy (non-hydrogen) atoms. The average Bonchev–Trinajstić information content (AvgIpc) is 2.62. The summed E-state index contributed by atoms with van der Waals surface area (Å²) in [4.78, 5) is 24.9. The van der Waals surface area contributed by atoms with Gasteiger partial charge in [-0.05, 0) is 30.2 Å². The van der Waals surface area contributed by atoms with Crippen molar-refractivity contribution in [1.82, 2.24) is 4.90 Å². The highest BCUT2D eigenvalue weighted by Crippen LogP contribution is 2.26. The number of hydrogen-bond donors (Lipinski definition) is 0. The highest BCUT2D eigenvalue weighted by molar-refractivity contribution is 9.10. The molecule has 1 saturated heterocycles. The summed E-state index contributed by atoms with van der Waals surface area (Å²) in [5.41, 5.74) is 2.33. The van der Waals surface area contributed by atoms with Gasteiger partial charge in [0, 0.05) is 36.2 Å². The largest absolute Gasteiger partial charge is 0.337 e. The minimum absolute atomic E-state index is 0.0828. The zero-order valence-corrected chi connectivity index (χ0v) is 13.4. The number of likely N-dealkylation sites (tertiary alicyclic amines) is 1. The molecule has 1 atom stereocenters. The van der Waals surface area contributed by atoms with Crippen LogP contribution in [-0.2, 0) is 16.1 Å². The molecule has 5 heteroatoms. The fraction of sp³-hybridized carbons (Fsp3) is 0.429. The molecule has 1 aliphatic rings. The Kier molecular flexibility index (Phi) is 4.68. The molecule has 1 fully saturated rings. The van der Waals surface area contributed by atoms with Crippen LogP contribution in [0.3, 0.4) is 0 Å². The summed E-state index contributed by atoms with van der Waals surface area (Å²) in [7, 11) is 0. The first-order chi connectivity index (χ1) is 8.95. The van der Waals surface area contributed by atoms with Crippen molar-refractivity contribution >= 4 is 38.7 Å². The fourth-order valence-corrected chi connectivity index (χ4v) is 3.67. The number of halogens is 1. The molecule has 1 amide bonds. The van der Waals surface area contributed by atoms with Gasteiger partial charge in [-0.15, -0.1) is 0 Å². The maximum atomic E-state index is 11.9. The van der Waals surface area contributed by atoms with Crippen molar-refractivity contribution in [2.75, 3.05) is 6.54 Å². The van der Waals surface area contributed by atoms with E-state index in [0.717, 1.165) is 10.0 Å². The van der Waals surface area contributed by atoms with Crippen LogP contribution in [0.25, 0.3) is 0 Å². The van der Waals surface area contributed by atoms with Crippen LogP contribution >= 0.6 is 27.7 Å². The van der Waals surface area contributed by atoms with Gasteiger partial charge < -0.3 is 4.90 Å². The molecule has 1 unspecified atom stereocenters. The predicted octanol–water partition coefficient (Wildman–Crippen LogP) is 3.14. The average molecular weight is 342 g/mol. The molecule has 2 rings (SSSR count). The van der Waals surface area contributed by atoms with Gasteiger partial charge in [0.05, 0.1) is 0 Å². The minimum atomic E-state index is 0.0828. The predicted molar refractivity (Wildman–Crippen MR) is 81.0 cm³/mol. The van der Waals surface area contributed by atoms with Crippen molar-refractivity contribution in [2.45, 2.75) is 32.1 Å². The number of amides is 1. The first kappa shape index (κ1) is 14.6. The van der Waals surface area contributed by atoms with E-state index in [0.29, 0.717) is 19.5 Å². The summed E-state index contributed by atoms with van der Waals surface area (Å²) in [5, 5.41) is 0.195. The summed E-state index contributed by atoms with van der Waals surface area (Å²) in [6.07, 6.45) is 0.472. The molecule has 0 saturated carbocycles. The van der Waals surface area contributed by atoms with E-state index in [9.17, 15) is 9.59 Å². The molecule has 0 aromatic heterocycles. The summed E-state index contributed by atoms with van der Waals surface area (Å²) in [6, 6.07) is 6.08. The van der Waals surface area contributed by atoms with E-state index in [1.807, 2.05) is 24.0 Å². The number of aryl methyl sites for hydroxylation is 1. The van der Waals surface area contributed by atoms with Crippen molar-refractivity contribution in [1.29, 1.82) is 0 Å². The van der Waals surface area contributed by atoms with Gasteiger partial charge in [-0.1, -0.05) is 33.8 Å². The Morgan fingerprint density at radius 3 is 2.89 bits per heavy atom. The Balaban J connectivity index is 2.03. The number of hydrogen-bond acceptors (Lipinski definition) is 3. The van der Waals surface area contributed by atoms with Crippen LogP contribution in [-0.4, -0.2) is 27.7 Å². The molecule has 1 aliphatic heterocycles. The third-order valence-corrected chi connectivity index (χ3v) is 4.65. The highest BCUT2D eigenvalue weighted by atomic mass is 79.9. The number of benzene rings is 1. The van der Waals surface area contributed by atoms with Crippen LogP contribution in [0.5, 0.6) is 0 Å². The zero-order valence-electron chi connectivity index (χ0n) is 11.0. The Bertz CT molecular complexity index is 518. The van der Waals surface area contributed by atoms with Crippen LogP contribution in [0.1, 0.15) is 24.5 Å². The Morgan fingerprint density at radius 2 is 2.26 bits per heavy atom. The van der Waals surface area contributed by atoms with Crippen LogP contribution < -0.4 is 0 Å². The first-order valence-corrected chi connectivity index (χ1v) is 7.83. The van der Waals surface area contributed by atoms with Crippen molar-refractivity contribution in [3.63, 3.8) is 0 Å². The summed E-state index contributed by atoms with van der Waals surface area (Å²) in [6.45, 7) is 4.89. The zero-order chi connectivity index (χ0) is 14.0. The number of carbonyl (C=O) groups excluding carboxylic acids is 2. The molecule has 0 radical (unpaired) electrons. The lowest BCUT2D eigenvalue weighted by Crippen LogP contribution is -2.25. The number of rotatable bonds is 3. The molecular weight excluding hydrogens is 326 g/mol. The van der Waals surface area contributed by atoms with Crippen LogP contribution in [0.2, 0.25) is 0 Å². The van der Waals surface area contributed by atoms with Crippen molar-refractivity contribution in [2.24, 2.45) is 0 Å². The number of carbonyl (C=O) groups is 2. The molecule has 3 nitrogen and oxygen atoms in total. The normalized spacial score (nSPS) is 19.0. The van der Waals surface area contributed by atoms with Gasteiger partial charge in [0.1, 0.15) is 0 Å². The molecule has 0 spiro atoms. The molecule has 1 aromatic rings. The summed E-state index contributed by atoms with van der Waals surface area (Å²) >= 11 is 4.71. The van der Waals surface area contributed by atoms with Crippen molar-refractivity contribution < 1.29 is 9.59 Å². The van der Waals surface area contributed by atoms with Gasteiger partial charge in [0.25, 0.3) is 0 Å². The monoisotopic (exact) mass is 341 g/mol. The Morgan fingerprint density at radius 1 is 1.53 bits per heavy atom. The maximum Gasteiger partial charge on any atom is 0.224 e. The quantitative estimate of drug-likeness (QED) is 0.847. The standard InChI is InChI=1S/C14H16BrNO2S/c1-9-5-12(15)4-3-11(9)7-16-8-13(6-14(16)18)19-10(2)17/h3-5,13H,6-8H2,1-2H3. The van der Waals surface area contributed by atoms with Crippen molar-refractivity contribution in [3.05, 3.63) is 33.8 Å². The van der Waals surface area contributed by atoms with E-state index in [1.54, 1.807) is 6.92 Å². The molecule has 0 N–H and O–H groups in total. The summed E-state index contributed by atoms with van der Waals surface area (Å²) in [5.74, 6) is 0.140. The Hall–Kier alpha value is -0.810. The van der Waals surface area contributed by atoms with E-state index in [4.69, 9.17) is 0 Å². The lowest BCUT2D eigenvalue weighted by molar-refractivity contribution is -0.128. The second-order valence-corrected chi connectivity index (χ2v) is 7.17. The van der Waals surface area contributed by atoms with E-state index >= 15 is 0 Å². The second-order valence-electron chi connectivity index (χ2n) is 4.78. The third-order valence-electron chi connectivity index (χ3n) is 3.18. The molecule has 0 bridgehead atoms. The van der Waals surface area contributed by atoms with E-state index < -0.39 is 0 Å². The second kappa shape index (κ2) is 6.09. The van der Waals surface area contributed by atoms with Crippen LogP contribution in [0, 0.1) is 6.92 Å². The summed E-state index contributed by atoms with van der Waals surface area (Å²) < 4.78 is 1.05. The topological polar surface area (TPSA) is 37.4 Å². The first-order valence-electron chi connectivity index (χ1n) is 6.15. The third kappa shape index (κ3) is 3.83. The molecule has 0 aliphatic carbocycles. The van der Waals surface area contributed by atoms with Gasteiger partial charge in [-0.3, -0.25) is 9.59 Å². The van der Waals surface area contributed by atoms with E-state index in [2.05, 4.69) is 22.0 Å². The highest BCUT2D eigenvalue weighted by Gasteiger charge is 2.30. The van der Waals surface area contributed by atoms with E-state index in [-0.39, 0.29) is 16.3 Å². The lowest BCUT2D eigenvalue weighted by atomic mass is 10.1. The smallest absolute Gasteiger partial charge is 0.224 e. The number of nitrogens with zero attached hydrogens (tertiary/aromatic N) is 1. The number of thioether (sulfide) groups is 1. The SMILES string of the molecule is CC(=O)SC1CC(=O)N(Cc2ccc(Br)cc2C)C1. The molecule has 1 aromatic carbocycles. The Labute approximate surface area is 125 Å². The van der Waals surface area contributed by atoms with Gasteiger partial charge in [0.15, 0.2) is 5.12 Å². The van der Waals surface area contributed by atoms with Gasteiger partial charge in [0.2, 0.25) is 5.91 Å². The lowest BCUT2D eigenvalue weighted by Gasteiger charge is -2.18. The van der Waals surface area contributed by atoms with Crippen LogP contribution in [0.15, 0.2) is 22.7 Å². The van der Waals surface area contributed by atoms with E-state index in [1.165, 1.54) is 17.3 Å². The van der Waals surface area contributed by atoms with Gasteiger partial charge >= 0.3 is 0 Å². The van der Waals surface area contributed by atoms with Gasteiger partial charge in [-0.2, -0.15) is 0 Å². The maximum absolute atomic E-state index is 11.9. The molecule has 1 heterocycles. The van der Waals surface area contributed by atoms with Gasteiger partial charge in [-0.25, -0.2) is 0 Å². The molecular formula is C14H16BrNO2S. The minimum Gasteiger partial charge on any atom is -0.337 e.